The molecule has 2 aliphatic rings. The molecule has 3 heterocycles. The first-order chi connectivity index (χ1) is 18.1. The zero-order valence-electron chi connectivity index (χ0n) is 21.3. The predicted octanol–water partition coefficient (Wildman–Crippen LogP) is 2.13. The minimum atomic E-state index is -3.74. The molecular formula is C26H28F2N6O4. The minimum absolute atomic E-state index is 0.0638. The molecule has 1 saturated heterocycles. The number of nitrogens with one attached hydrogen (secondary N) is 1. The van der Waals surface area contributed by atoms with Gasteiger partial charge < -0.3 is 29.5 Å². The molecule has 0 saturated carbocycles. The summed E-state index contributed by atoms with van der Waals surface area (Å²) in [5.41, 5.74) is 1.48. The van der Waals surface area contributed by atoms with Crippen LogP contribution in [0.4, 0.5) is 14.6 Å². The smallest absolute Gasteiger partial charge is 0.395 e. The van der Waals surface area contributed by atoms with E-state index in [0.29, 0.717) is 16.6 Å². The first kappa shape index (κ1) is 25.6. The summed E-state index contributed by atoms with van der Waals surface area (Å²) >= 11 is 0. The number of benzene rings is 2. The highest BCUT2D eigenvalue weighted by atomic mass is 19.3. The maximum absolute atomic E-state index is 13.4. The van der Waals surface area contributed by atoms with Crippen LogP contribution in [0.25, 0.3) is 10.9 Å². The topological polar surface area (TPSA) is 100 Å². The molecular weight excluding hydrogens is 498 g/mol. The molecule has 1 atom stereocenters. The molecule has 0 bridgehead atoms. The number of piperazine rings is 1. The second kappa shape index (κ2) is 10.0. The normalized spacial score (nSPS) is 17.3. The predicted molar refractivity (Wildman–Crippen MR) is 136 cm³/mol. The van der Waals surface area contributed by atoms with Crippen molar-refractivity contribution in [1.82, 2.24) is 25.1 Å². The maximum Gasteiger partial charge on any atom is 0.586 e. The Morgan fingerprint density at radius 2 is 1.79 bits per heavy atom. The van der Waals surface area contributed by atoms with E-state index in [2.05, 4.69) is 41.6 Å². The van der Waals surface area contributed by atoms with Crippen LogP contribution in [0.2, 0.25) is 0 Å². The SMILES string of the molecule is CN1CCN(c2ncnc3cc(C(=O)NC(Cc4ccc5c(c4)OC(F)(F)O5)C(=O)N(C)C)ccc23)CC1. The lowest BCUT2D eigenvalue weighted by molar-refractivity contribution is -0.286. The number of nitrogens with zero attached hydrogens (tertiary/aromatic N) is 5. The lowest BCUT2D eigenvalue weighted by Crippen LogP contribution is -2.47. The third-order valence-electron chi connectivity index (χ3n) is 6.63. The van der Waals surface area contributed by atoms with Crippen molar-refractivity contribution in [1.29, 1.82) is 0 Å². The zero-order valence-corrected chi connectivity index (χ0v) is 21.3. The molecule has 1 fully saturated rings. The van der Waals surface area contributed by atoms with Gasteiger partial charge in [0.2, 0.25) is 5.91 Å². The van der Waals surface area contributed by atoms with Crippen molar-refractivity contribution >= 4 is 28.5 Å². The second-order valence-electron chi connectivity index (χ2n) is 9.63. The number of hydrogen-bond donors (Lipinski definition) is 1. The first-order valence-electron chi connectivity index (χ1n) is 12.2. The lowest BCUT2D eigenvalue weighted by Gasteiger charge is -2.33. The molecule has 0 spiro atoms. The van der Waals surface area contributed by atoms with Gasteiger partial charge >= 0.3 is 6.29 Å². The number of rotatable bonds is 6. The molecule has 3 aromatic rings. The number of fused-ring (bicyclic) bond motifs is 2. The molecule has 1 unspecified atom stereocenters. The fourth-order valence-electron chi connectivity index (χ4n) is 4.56. The summed E-state index contributed by atoms with van der Waals surface area (Å²) in [7, 11) is 5.24. The molecule has 0 aliphatic carbocycles. The second-order valence-corrected chi connectivity index (χ2v) is 9.63. The molecule has 38 heavy (non-hydrogen) atoms. The van der Waals surface area contributed by atoms with Gasteiger partial charge in [0.25, 0.3) is 5.91 Å². The third kappa shape index (κ3) is 5.30. The number of anilines is 1. The molecule has 12 heteroatoms. The number of alkyl halides is 2. The summed E-state index contributed by atoms with van der Waals surface area (Å²) in [5, 5.41) is 3.62. The van der Waals surface area contributed by atoms with E-state index in [1.54, 1.807) is 32.3 Å². The van der Waals surface area contributed by atoms with Gasteiger partial charge in [-0.3, -0.25) is 9.59 Å². The zero-order chi connectivity index (χ0) is 27.0. The van der Waals surface area contributed by atoms with Gasteiger partial charge in [-0.1, -0.05) is 6.07 Å². The Morgan fingerprint density at radius 1 is 1.05 bits per heavy atom. The van der Waals surface area contributed by atoms with E-state index in [1.807, 2.05) is 6.07 Å². The van der Waals surface area contributed by atoms with Crippen LogP contribution < -0.4 is 19.7 Å². The first-order valence-corrected chi connectivity index (χ1v) is 12.2. The molecule has 200 valence electrons. The van der Waals surface area contributed by atoms with E-state index in [-0.39, 0.29) is 23.8 Å². The van der Waals surface area contributed by atoms with Crippen LogP contribution in [0, 0.1) is 0 Å². The average molecular weight is 527 g/mol. The highest BCUT2D eigenvalue weighted by molar-refractivity contribution is 6.01. The Bertz CT molecular complexity index is 1380. The number of hydrogen-bond acceptors (Lipinski definition) is 8. The van der Waals surface area contributed by atoms with Crippen LogP contribution in [0.3, 0.4) is 0 Å². The van der Waals surface area contributed by atoms with Crippen molar-refractivity contribution < 1.29 is 27.8 Å². The van der Waals surface area contributed by atoms with Gasteiger partial charge in [0, 0.05) is 57.6 Å². The van der Waals surface area contributed by atoms with Crippen LogP contribution >= 0.6 is 0 Å². The summed E-state index contributed by atoms with van der Waals surface area (Å²) < 4.78 is 35.8. The van der Waals surface area contributed by atoms with Crippen molar-refractivity contribution in [2.75, 3.05) is 52.2 Å². The standard InChI is InChI=1S/C26H28F2N6O4/c1-32(2)25(36)20(12-16-4-7-21-22(13-16)38-26(27,28)37-21)31-24(35)17-5-6-18-19(14-17)29-15-30-23(18)34-10-8-33(3)9-11-34/h4-7,13-15,20H,8-12H2,1-3H3,(H,31,35). The number of halogens is 2. The van der Waals surface area contributed by atoms with E-state index >= 15 is 0 Å². The van der Waals surface area contributed by atoms with Crippen molar-refractivity contribution in [2.45, 2.75) is 18.8 Å². The van der Waals surface area contributed by atoms with Gasteiger partial charge in [0.1, 0.15) is 18.2 Å². The number of aromatic nitrogens is 2. The summed E-state index contributed by atoms with van der Waals surface area (Å²) in [6.45, 7) is 3.55. The van der Waals surface area contributed by atoms with Crippen LogP contribution in [0.5, 0.6) is 11.5 Å². The number of amides is 2. The largest absolute Gasteiger partial charge is 0.586 e. The molecule has 10 nitrogen and oxygen atoms in total. The lowest BCUT2D eigenvalue weighted by atomic mass is 10.0. The van der Waals surface area contributed by atoms with Crippen LogP contribution in [-0.2, 0) is 11.2 Å². The van der Waals surface area contributed by atoms with Gasteiger partial charge in [0.15, 0.2) is 11.5 Å². The van der Waals surface area contributed by atoms with Crippen molar-refractivity contribution in [3.8, 4) is 11.5 Å². The van der Waals surface area contributed by atoms with Crippen LogP contribution in [0.15, 0.2) is 42.7 Å². The van der Waals surface area contributed by atoms with Gasteiger partial charge in [-0.25, -0.2) is 9.97 Å². The average Bonchev–Trinajstić information content (AvgIpc) is 3.20. The number of carbonyl (C=O) groups is 2. The van der Waals surface area contributed by atoms with Crippen LogP contribution in [-0.4, -0.2) is 91.2 Å². The quantitative estimate of drug-likeness (QED) is 0.522. The molecule has 2 aromatic carbocycles. The Kier molecular flexibility index (Phi) is 6.74. The highest BCUT2D eigenvalue weighted by Gasteiger charge is 2.43. The van der Waals surface area contributed by atoms with Crippen molar-refractivity contribution in [3.05, 3.63) is 53.9 Å². The highest BCUT2D eigenvalue weighted by Crippen LogP contribution is 2.41. The molecule has 5 rings (SSSR count). The summed E-state index contributed by atoms with van der Waals surface area (Å²) in [5.74, 6) is -0.197. The molecule has 0 radical (unpaired) electrons. The van der Waals surface area contributed by atoms with E-state index < -0.39 is 18.2 Å². The monoisotopic (exact) mass is 526 g/mol. The Morgan fingerprint density at radius 3 is 2.53 bits per heavy atom. The van der Waals surface area contributed by atoms with Gasteiger partial charge in [-0.2, -0.15) is 0 Å². The summed E-state index contributed by atoms with van der Waals surface area (Å²) in [6.07, 6.45) is -2.19. The van der Waals surface area contributed by atoms with E-state index in [4.69, 9.17) is 0 Å². The Balaban J connectivity index is 1.35. The maximum atomic E-state index is 13.4. The summed E-state index contributed by atoms with van der Waals surface area (Å²) in [4.78, 5) is 40.8. The van der Waals surface area contributed by atoms with E-state index in [9.17, 15) is 18.4 Å². The summed E-state index contributed by atoms with van der Waals surface area (Å²) in [6, 6.07) is 8.51. The molecule has 2 aliphatic heterocycles. The van der Waals surface area contributed by atoms with E-state index in [0.717, 1.165) is 37.4 Å². The fraction of sp³-hybridized carbons (Fsp3) is 0.385. The Hall–Kier alpha value is -4.06. The fourth-order valence-corrected chi connectivity index (χ4v) is 4.56. The molecule has 2 amide bonds. The third-order valence-corrected chi connectivity index (χ3v) is 6.63. The van der Waals surface area contributed by atoms with Gasteiger partial charge in [0.05, 0.1) is 5.52 Å². The number of likely N-dealkylation sites (N-methyl/N-ethyl adjacent to an activating group) is 2. The van der Waals surface area contributed by atoms with Gasteiger partial charge in [-0.15, -0.1) is 8.78 Å². The Labute approximate surface area is 218 Å². The molecule has 1 N–H and O–H groups in total. The number of carbonyl (C=O) groups excluding carboxylic acids is 2. The minimum Gasteiger partial charge on any atom is -0.395 e. The van der Waals surface area contributed by atoms with E-state index in [1.165, 1.54) is 23.4 Å². The number of ether oxygens (including phenoxy) is 2. The van der Waals surface area contributed by atoms with Crippen molar-refractivity contribution in [2.24, 2.45) is 0 Å². The van der Waals surface area contributed by atoms with Crippen molar-refractivity contribution in [3.63, 3.8) is 0 Å². The van der Waals surface area contributed by atoms with Gasteiger partial charge in [-0.05, 0) is 42.9 Å². The van der Waals surface area contributed by atoms with Crippen LogP contribution in [0.1, 0.15) is 15.9 Å². The molecule has 1 aromatic heterocycles.